The van der Waals surface area contributed by atoms with E-state index in [1.54, 1.807) is 12.1 Å². The maximum Gasteiger partial charge on any atom is 0.354 e. The van der Waals surface area contributed by atoms with Gasteiger partial charge >= 0.3 is 5.97 Å². The van der Waals surface area contributed by atoms with Crippen LogP contribution in [0.5, 0.6) is 0 Å². The molecule has 1 saturated heterocycles. The number of likely N-dealkylation sites (tertiary alicyclic amines) is 1. The van der Waals surface area contributed by atoms with Crippen molar-refractivity contribution < 1.29 is 18.7 Å². The number of hydrogen-bond donors (Lipinski definition) is 0. The molecule has 28 heavy (non-hydrogen) atoms. The lowest BCUT2D eigenvalue weighted by molar-refractivity contribution is 0.0573. The Kier molecular flexibility index (Phi) is 4.93. The molecule has 0 bridgehead atoms. The highest BCUT2D eigenvalue weighted by Gasteiger charge is 2.28. The lowest BCUT2D eigenvalue weighted by atomic mass is 10.0. The molecule has 1 aromatic carbocycles. The van der Waals surface area contributed by atoms with Crippen LogP contribution in [0.4, 0.5) is 4.39 Å². The molecular formula is C21H21FN2O3S. The lowest BCUT2D eigenvalue weighted by Gasteiger charge is -2.33. The van der Waals surface area contributed by atoms with Gasteiger partial charge in [0.1, 0.15) is 11.5 Å². The van der Waals surface area contributed by atoms with Gasteiger partial charge in [0.25, 0.3) is 5.91 Å². The molecule has 7 heteroatoms. The Labute approximate surface area is 166 Å². The van der Waals surface area contributed by atoms with Crippen molar-refractivity contribution in [2.24, 2.45) is 0 Å². The van der Waals surface area contributed by atoms with Crippen LogP contribution in [0, 0.1) is 12.7 Å². The number of carbonyl (C=O) groups excluding carboxylic acids is 2. The van der Waals surface area contributed by atoms with E-state index in [4.69, 9.17) is 4.74 Å². The van der Waals surface area contributed by atoms with E-state index < -0.39 is 0 Å². The minimum absolute atomic E-state index is 0.0442. The number of methoxy groups -OCH3 is 1. The molecule has 1 fully saturated rings. The fourth-order valence-electron chi connectivity index (χ4n) is 3.94. The van der Waals surface area contributed by atoms with Gasteiger partial charge in [0.2, 0.25) is 0 Å². The van der Waals surface area contributed by atoms with E-state index in [-0.39, 0.29) is 23.7 Å². The maximum atomic E-state index is 14.1. The van der Waals surface area contributed by atoms with Crippen molar-refractivity contribution in [2.45, 2.75) is 25.8 Å². The minimum Gasteiger partial charge on any atom is -0.464 e. The maximum absolute atomic E-state index is 14.1. The zero-order valence-corrected chi connectivity index (χ0v) is 16.6. The second kappa shape index (κ2) is 7.39. The highest BCUT2D eigenvalue weighted by molar-refractivity contribution is 7.21. The van der Waals surface area contributed by atoms with Crippen LogP contribution in [-0.4, -0.2) is 41.5 Å². The van der Waals surface area contributed by atoms with Gasteiger partial charge in [0.15, 0.2) is 0 Å². The number of piperidine rings is 1. The van der Waals surface area contributed by atoms with Crippen LogP contribution >= 0.6 is 11.3 Å². The summed E-state index contributed by atoms with van der Waals surface area (Å²) in [5.41, 5.74) is 1.24. The molecule has 146 valence electrons. The molecular weight excluding hydrogens is 379 g/mol. The van der Waals surface area contributed by atoms with Gasteiger partial charge in [-0.05, 0) is 49.6 Å². The molecule has 3 heterocycles. The number of halogens is 1. The third-order valence-electron chi connectivity index (χ3n) is 5.42. The van der Waals surface area contributed by atoms with E-state index in [0.29, 0.717) is 34.6 Å². The first-order valence-electron chi connectivity index (χ1n) is 9.23. The number of carbonyl (C=O) groups is 2. The number of nitrogens with zero attached hydrogens (tertiary/aromatic N) is 2. The van der Waals surface area contributed by atoms with Crippen LogP contribution in [-0.2, 0) is 4.74 Å². The van der Waals surface area contributed by atoms with Crippen LogP contribution in [0.15, 0.2) is 36.5 Å². The van der Waals surface area contributed by atoms with E-state index in [1.807, 2.05) is 34.7 Å². The van der Waals surface area contributed by atoms with Crippen LogP contribution in [0.25, 0.3) is 10.1 Å². The van der Waals surface area contributed by atoms with Crippen LogP contribution in [0.3, 0.4) is 0 Å². The first-order chi connectivity index (χ1) is 13.5. The van der Waals surface area contributed by atoms with Crippen molar-refractivity contribution in [3.05, 3.63) is 58.5 Å². The molecule has 1 amide bonds. The minimum atomic E-state index is -0.355. The van der Waals surface area contributed by atoms with Crippen LogP contribution in [0.2, 0.25) is 0 Å². The van der Waals surface area contributed by atoms with E-state index >= 15 is 0 Å². The standard InChI is InChI=1S/C21H21FN2O3S/c1-13-18-15(22)5-3-7-17(18)28-19(13)20(25)23-11-8-14(9-12-23)24-10-4-6-16(24)21(26)27-2/h3-7,10,14H,8-9,11-12H2,1-2H3. The van der Waals surface area contributed by atoms with Gasteiger partial charge in [-0.1, -0.05) is 6.07 Å². The molecule has 4 rings (SSSR count). The predicted molar refractivity (Wildman–Crippen MR) is 106 cm³/mol. The summed E-state index contributed by atoms with van der Waals surface area (Å²) in [6.07, 6.45) is 3.39. The molecule has 0 aliphatic carbocycles. The third kappa shape index (κ3) is 3.09. The lowest BCUT2D eigenvalue weighted by Crippen LogP contribution is -2.39. The number of rotatable bonds is 3. The predicted octanol–water partition coefficient (Wildman–Crippen LogP) is 4.41. The molecule has 0 saturated carbocycles. The van der Waals surface area contributed by atoms with Crippen molar-refractivity contribution in [3.63, 3.8) is 0 Å². The van der Waals surface area contributed by atoms with Crippen molar-refractivity contribution >= 4 is 33.3 Å². The smallest absolute Gasteiger partial charge is 0.354 e. The number of aryl methyl sites for hydroxylation is 1. The summed E-state index contributed by atoms with van der Waals surface area (Å²) in [4.78, 5) is 27.4. The molecule has 3 aromatic rings. The van der Waals surface area contributed by atoms with E-state index in [0.717, 1.165) is 17.5 Å². The van der Waals surface area contributed by atoms with Gasteiger partial charge < -0.3 is 14.2 Å². The largest absolute Gasteiger partial charge is 0.464 e. The van der Waals surface area contributed by atoms with Gasteiger partial charge in [0.05, 0.1) is 12.0 Å². The summed E-state index contributed by atoms with van der Waals surface area (Å²) >= 11 is 1.35. The number of esters is 1. The van der Waals surface area contributed by atoms with Crippen LogP contribution in [0.1, 0.15) is 44.6 Å². The summed E-state index contributed by atoms with van der Waals surface area (Å²) in [5.74, 6) is -0.685. The average Bonchev–Trinajstić information content (AvgIpc) is 3.33. The number of aromatic nitrogens is 1. The SMILES string of the molecule is COC(=O)c1cccn1C1CCN(C(=O)c2sc3cccc(F)c3c2C)CC1. The average molecular weight is 400 g/mol. The highest BCUT2D eigenvalue weighted by Crippen LogP contribution is 2.34. The Morgan fingerprint density at radius 3 is 2.61 bits per heavy atom. The Morgan fingerprint density at radius 2 is 1.93 bits per heavy atom. The number of amides is 1. The highest BCUT2D eigenvalue weighted by atomic mass is 32.1. The fraction of sp³-hybridized carbons (Fsp3) is 0.333. The van der Waals surface area contributed by atoms with Crippen molar-refractivity contribution in [1.82, 2.24) is 9.47 Å². The molecule has 5 nitrogen and oxygen atoms in total. The molecule has 0 atom stereocenters. The second-order valence-electron chi connectivity index (χ2n) is 6.98. The third-order valence-corrected chi connectivity index (χ3v) is 6.66. The summed E-state index contributed by atoms with van der Waals surface area (Å²) in [5, 5.41) is 0.542. The number of hydrogen-bond acceptors (Lipinski definition) is 4. The van der Waals surface area contributed by atoms with E-state index in [1.165, 1.54) is 24.5 Å². The Morgan fingerprint density at radius 1 is 1.18 bits per heavy atom. The topological polar surface area (TPSA) is 51.5 Å². The molecule has 0 N–H and O–H groups in total. The first kappa shape index (κ1) is 18.7. The summed E-state index contributed by atoms with van der Waals surface area (Å²) in [6, 6.07) is 8.67. The number of fused-ring (bicyclic) bond motifs is 1. The monoisotopic (exact) mass is 400 g/mol. The van der Waals surface area contributed by atoms with Crippen molar-refractivity contribution in [3.8, 4) is 0 Å². The number of ether oxygens (including phenoxy) is 1. The summed E-state index contributed by atoms with van der Waals surface area (Å²) in [7, 11) is 1.37. The van der Waals surface area contributed by atoms with Gasteiger partial charge in [-0.3, -0.25) is 4.79 Å². The molecule has 0 radical (unpaired) electrons. The zero-order chi connectivity index (χ0) is 19.8. The number of thiophene rings is 1. The molecule has 1 aliphatic rings. The van der Waals surface area contributed by atoms with Crippen LogP contribution < -0.4 is 0 Å². The first-order valence-corrected chi connectivity index (χ1v) is 10.0. The summed E-state index contributed by atoms with van der Waals surface area (Å²) < 4.78 is 21.7. The number of benzene rings is 1. The fourth-order valence-corrected chi connectivity index (χ4v) is 5.13. The molecule has 2 aromatic heterocycles. The zero-order valence-electron chi connectivity index (χ0n) is 15.8. The van der Waals surface area contributed by atoms with Gasteiger partial charge in [0, 0.05) is 35.4 Å². The van der Waals surface area contributed by atoms with E-state index in [9.17, 15) is 14.0 Å². The quantitative estimate of drug-likeness (QED) is 0.612. The Balaban J connectivity index is 1.51. The van der Waals surface area contributed by atoms with Gasteiger partial charge in [-0.15, -0.1) is 11.3 Å². The molecule has 0 unspecified atom stereocenters. The second-order valence-corrected chi connectivity index (χ2v) is 8.04. The van der Waals surface area contributed by atoms with Gasteiger partial charge in [-0.2, -0.15) is 0 Å². The summed E-state index contributed by atoms with van der Waals surface area (Å²) in [6.45, 7) is 3.00. The van der Waals surface area contributed by atoms with E-state index in [2.05, 4.69) is 0 Å². The van der Waals surface area contributed by atoms with Gasteiger partial charge in [-0.25, -0.2) is 9.18 Å². The normalized spacial score (nSPS) is 15.2. The van der Waals surface area contributed by atoms with Crippen molar-refractivity contribution in [2.75, 3.05) is 20.2 Å². The van der Waals surface area contributed by atoms with Crippen molar-refractivity contribution in [1.29, 1.82) is 0 Å². The Bertz CT molecular complexity index is 1050. The molecule has 0 spiro atoms. The Hall–Kier alpha value is -2.67. The molecule has 1 aliphatic heterocycles.